The number of rotatable bonds is 5. The summed E-state index contributed by atoms with van der Waals surface area (Å²) < 4.78 is 5.56. The van der Waals surface area contributed by atoms with Gasteiger partial charge < -0.3 is 20.7 Å². The maximum Gasteiger partial charge on any atom is 0.223 e. The van der Waals surface area contributed by atoms with Gasteiger partial charge in [0.1, 0.15) is 5.75 Å². The standard InChI is InChI=1S/C16H23N3O2/c17-13-2-1-3-14(10-13)21-9-6-16(20)18-15-11-19-7-4-12(15)5-8-19/h1-3,10,12,15H,4-9,11,17H2,(H,18,20). The molecule has 0 spiro atoms. The first kappa shape index (κ1) is 14.2. The molecular formula is C16H23N3O2. The molecule has 1 amide bonds. The first-order valence-corrected chi connectivity index (χ1v) is 7.71. The smallest absolute Gasteiger partial charge is 0.223 e. The van der Waals surface area contributed by atoms with Crippen LogP contribution in [0.25, 0.3) is 0 Å². The SMILES string of the molecule is Nc1cccc(OCCC(=O)NC2CN3CCC2CC3)c1. The van der Waals surface area contributed by atoms with Crippen LogP contribution in [0.5, 0.6) is 5.75 Å². The molecule has 3 heterocycles. The summed E-state index contributed by atoms with van der Waals surface area (Å²) >= 11 is 0. The first-order valence-electron chi connectivity index (χ1n) is 7.71. The maximum atomic E-state index is 12.0. The van der Waals surface area contributed by atoms with Crippen LogP contribution in [-0.4, -0.2) is 43.1 Å². The highest BCUT2D eigenvalue weighted by Crippen LogP contribution is 2.27. The monoisotopic (exact) mass is 289 g/mol. The molecule has 3 fully saturated rings. The van der Waals surface area contributed by atoms with Crippen molar-refractivity contribution in [2.75, 3.05) is 32.0 Å². The molecule has 114 valence electrons. The Morgan fingerprint density at radius 1 is 1.38 bits per heavy atom. The number of piperidine rings is 3. The Morgan fingerprint density at radius 3 is 2.86 bits per heavy atom. The molecule has 3 aliphatic rings. The second-order valence-corrected chi connectivity index (χ2v) is 5.98. The van der Waals surface area contributed by atoms with Crippen molar-refractivity contribution in [3.63, 3.8) is 0 Å². The van der Waals surface area contributed by atoms with E-state index in [4.69, 9.17) is 10.5 Å². The predicted octanol–water partition coefficient (Wildman–Crippen LogP) is 1.25. The van der Waals surface area contributed by atoms with E-state index < -0.39 is 0 Å². The molecule has 1 atom stereocenters. The van der Waals surface area contributed by atoms with Gasteiger partial charge in [-0.05, 0) is 44.0 Å². The van der Waals surface area contributed by atoms with Crippen molar-refractivity contribution in [3.05, 3.63) is 24.3 Å². The number of anilines is 1. The van der Waals surface area contributed by atoms with Crippen molar-refractivity contribution < 1.29 is 9.53 Å². The molecule has 1 aromatic carbocycles. The summed E-state index contributed by atoms with van der Waals surface area (Å²) in [5.41, 5.74) is 6.36. The molecule has 1 aromatic rings. The highest BCUT2D eigenvalue weighted by atomic mass is 16.5. The molecular weight excluding hydrogens is 266 g/mol. The Morgan fingerprint density at radius 2 is 2.19 bits per heavy atom. The van der Waals surface area contributed by atoms with Crippen LogP contribution >= 0.6 is 0 Å². The van der Waals surface area contributed by atoms with E-state index in [1.807, 2.05) is 18.2 Å². The number of fused-ring (bicyclic) bond motifs is 3. The lowest BCUT2D eigenvalue weighted by molar-refractivity contribution is -0.123. The molecule has 0 aromatic heterocycles. The van der Waals surface area contributed by atoms with E-state index in [0.29, 0.717) is 36.4 Å². The third-order valence-electron chi connectivity index (χ3n) is 4.46. The van der Waals surface area contributed by atoms with Gasteiger partial charge in [0.2, 0.25) is 5.91 Å². The molecule has 5 heteroatoms. The van der Waals surface area contributed by atoms with Gasteiger partial charge in [0.25, 0.3) is 0 Å². The van der Waals surface area contributed by atoms with Gasteiger partial charge in [-0.3, -0.25) is 4.79 Å². The fraction of sp³-hybridized carbons (Fsp3) is 0.562. The van der Waals surface area contributed by atoms with Gasteiger partial charge in [-0.2, -0.15) is 0 Å². The molecule has 3 saturated heterocycles. The van der Waals surface area contributed by atoms with E-state index >= 15 is 0 Å². The van der Waals surface area contributed by atoms with Crippen molar-refractivity contribution >= 4 is 11.6 Å². The van der Waals surface area contributed by atoms with Crippen molar-refractivity contribution in [1.82, 2.24) is 10.2 Å². The number of nitrogens with one attached hydrogen (secondary N) is 1. The quantitative estimate of drug-likeness (QED) is 0.801. The van der Waals surface area contributed by atoms with Crippen LogP contribution in [0.4, 0.5) is 5.69 Å². The number of hydrogen-bond donors (Lipinski definition) is 2. The average molecular weight is 289 g/mol. The van der Waals surface area contributed by atoms with Crippen LogP contribution in [0.2, 0.25) is 0 Å². The number of carbonyl (C=O) groups excluding carboxylic acids is 1. The van der Waals surface area contributed by atoms with Crippen molar-refractivity contribution in [1.29, 1.82) is 0 Å². The topological polar surface area (TPSA) is 67.6 Å². The predicted molar refractivity (Wildman–Crippen MR) is 82.1 cm³/mol. The highest BCUT2D eigenvalue weighted by Gasteiger charge is 2.34. The van der Waals surface area contributed by atoms with Gasteiger partial charge in [0.05, 0.1) is 13.0 Å². The lowest BCUT2D eigenvalue weighted by atomic mass is 9.84. The van der Waals surface area contributed by atoms with Crippen molar-refractivity contribution in [3.8, 4) is 5.75 Å². The van der Waals surface area contributed by atoms with Crippen LogP contribution < -0.4 is 15.8 Å². The molecule has 1 unspecified atom stereocenters. The van der Waals surface area contributed by atoms with Gasteiger partial charge in [-0.15, -0.1) is 0 Å². The van der Waals surface area contributed by atoms with Crippen LogP contribution in [0.3, 0.4) is 0 Å². The molecule has 3 N–H and O–H groups in total. The van der Waals surface area contributed by atoms with Crippen molar-refractivity contribution in [2.45, 2.75) is 25.3 Å². The van der Waals surface area contributed by atoms with Crippen LogP contribution in [0.15, 0.2) is 24.3 Å². The summed E-state index contributed by atoms with van der Waals surface area (Å²) in [7, 11) is 0. The van der Waals surface area contributed by atoms with Gasteiger partial charge in [-0.1, -0.05) is 6.07 Å². The minimum absolute atomic E-state index is 0.0812. The van der Waals surface area contributed by atoms with Gasteiger partial charge in [-0.25, -0.2) is 0 Å². The summed E-state index contributed by atoms with van der Waals surface area (Å²) in [6, 6.07) is 7.60. The second-order valence-electron chi connectivity index (χ2n) is 5.98. The number of carbonyl (C=O) groups is 1. The molecule has 4 rings (SSSR count). The fourth-order valence-corrected chi connectivity index (χ4v) is 3.27. The van der Waals surface area contributed by atoms with Gasteiger partial charge in [0.15, 0.2) is 0 Å². The molecule has 0 aliphatic carbocycles. The summed E-state index contributed by atoms with van der Waals surface area (Å²) in [6.45, 7) is 3.77. The third-order valence-corrected chi connectivity index (χ3v) is 4.46. The number of nitrogen functional groups attached to an aromatic ring is 1. The minimum atomic E-state index is 0.0812. The number of benzene rings is 1. The number of amides is 1. The zero-order chi connectivity index (χ0) is 14.7. The fourth-order valence-electron chi connectivity index (χ4n) is 3.27. The zero-order valence-electron chi connectivity index (χ0n) is 12.3. The van der Waals surface area contributed by atoms with Crippen molar-refractivity contribution in [2.24, 2.45) is 5.92 Å². The molecule has 0 saturated carbocycles. The maximum absolute atomic E-state index is 12.0. The number of nitrogens with zero attached hydrogens (tertiary/aromatic N) is 1. The Bertz CT molecular complexity index is 498. The highest BCUT2D eigenvalue weighted by molar-refractivity contribution is 5.76. The third kappa shape index (κ3) is 3.67. The number of ether oxygens (including phenoxy) is 1. The van der Waals surface area contributed by atoms with E-state index in [1.54, 1.807) is 6.07 Å². The molecule has 2 bridgehead atoms. The second kappa shape index (κ2) is 6.35. The normalized spacial score (nSPS) is 27.3. The molecule has 3 aliphatic heterocycles. The van der Waals surface area contributed by atoms with E-state index in [-0.39, 0.29) is 5.91 Å². The summed E-state index contributed by atoms with van der Waals surface area (Å²) in [4.78, 5) is 14.4. The summed E-state index contributed by atoms with van der Waals surface area (Å²) in [6.07, 6.45) is 2.81. The van der Waals surface area contributed by atoms with E-state index in [0.717, 1.165) is 6.54 Å². The number of hydrogen-bond acceptors (Lipinski definition) is 4. The molecule has 21 heavy (non-hydrogen) atoms. The summed E-state index contributed by atoms with van der Waals surface area (Å²) in [5.74, 6) is 1.46. The largest absolute Gasteiger partial charge is 0.493 e. The Balaban J connectivity index is 1.40. The van der Waals surface area contributed by atoms with E-state index in [2.05, 4.69) is 10.2 Å². The van der Waals surface area contributed by atoms with E-state index in [9.17, 15) is 4.79 Å². The molecule has 0 radical (unpaired) electrons. The lowest BCUT2D eigenvalue weighted by Crippen LogP contribution is -2.57. The van der Waals surface area contributed by atoms with E-state index in [1.165, 1.54) is 25.9 Å². The first-order chi connectivity index (χ1) is 10.2. The average Bonchev–Trinajstić information content (AvgIpc) is 2.48. The molecule has 5 nitrogen and oxygen atoms in total. The number of nitrogens with two attached hydrogens (primary N) is 1. The lowest BCUT2D eigenvalue weighted by Gasteiger charge is -2.44. The van der Waals surface area contributed by atoms with Gasteiger partial charge in [0, 0.05) is 24.3 Å². The summed E-state index contributed by atoms with van der Waals surface area (Å²) in [5, 5.41) is 3.16. The van der Waals surface area contributed by atoms with Crippen LogP contribution in [-0.2, 0) is 4.79 Å². The zero-order valence-corrected chi connectivity index (χ0v) is 12.3. The van der Waals surface area contributed by atoms with Crippen LogP contribution in [0, 0.1) is 5.92 Å². The Hall–Kier alpha value is -1.75. The van der Waals surface area contributed by atoms with Crippen LogP contribution in [0.1, 0.15) is 19.3 Å². The Kier molecular flexibility index (Phi) is 4.29. The minimum Gasteiger partial charge on any atom is -0.493 e. The Labute approximate surface area is 125 Å². The van der Waals surface area contributed by atoms with Gasteiger partial charge >= 0.3 is 0 Å².